The summed E-state index contributed by atoms with van der Waals surface area (Å²) in [5.74, 6) is 0.798. The van der Waals surface area contributed by atoms with Crippen molar-refractivity contribution in [2.75, 3.05) is 18.4 Å². The molecular formula is C11H15N5O. The highest BCUT2D eigenvalue weighted by atomic mass is 16.5. The SMILES string of the molecule is Cc1noc2ncnc(NCCNC3CC3)c12. The molecule has 0 amide bonds. The van der Waals surface area contributed by atoms with Crippen LogP contribution in [0, 0.1) is 6.92 Å². The molecule has 1 aliphatic carbocycles. The Bertz CT molecular complexity index is 520. The first-order chi connectivity index (χ1) is 8.34. The van der Waals surface area contributed by atoms with Crippen LogP contribution in [0.3, 0.4) is 0 Å². The molecule has 6 heteroatoms. The monoisotopic (exact) mass is 233 g/mol. The van der Waals surface area contributed by atoms with Crippen LogP contribution in [0.4, 0.5) is 5.82 Å². The van der Waals surface area contributed by atoms with Crippen LogP contribution in [0.25, 0.3) is 11.1 Å². The average Bonchev–Trinajstić information content (AvgIpc) is 3.09. The van der Waals surface area contributed by atoms with Crippen LogP contribution in [0.2, 0.25) is 0 Å². The van der Waals surface area contributed by atoms with Crippen molar-refractivity contribution in [1.82, 2.24) is 20.4 Å². The number of aromatic nitrogens is 3. The minimum atomic E-state index is 0.537. The first-order valence-electron chi connectivity index (χ1n) is 5.89. The number of nitrogens with zero attached hydrogens (tertiary/aromatic N) is 3. The maximum absolute atomic E-state index is 5.09. The predicted octanol–water partition coefficient (Wildman–Crippen LogP) is 1.09. The Balaban J connectivity index is 1.68. The van der Waals surface area contributed by atoms with Gasteiger partial charge in [0.2, 0.25) is 0 Å². The second-order valence-corrected chi connectivity index (χ2v) is 4.33. The molecule has 2 aromatic heterocycles. The number of fused-ring (bicyclic) bond motifs is 1. The molecule has 17 heavy (non-hydrogen) atoms. The number of aryl methyl sites for hydroxylation is 1. The van der Waals surface area contributed by atoms with Gasteiger partial charge in [-0.2, -0.15) is 4.98 Å². The Kier molecular flexibility index (Phi) is 2.64. The second-order valence-electron chi connectivity index (χ2n) is 4.33. The van der Waals surface area contributed by atoms with Gasteiger partial charge in [-0.05, 0) is 19.8 Å². The Hall–Kier alpha value is -1.69. The summed E-state index contributed by atoms with van der Waals surface area (Å²) in [6.07, 6.45) is 4.11. The van der Waals surface area contributed by atoms with Crippen molar-refractivity contribution in [3.63, 3.8) is 0 Å². The van der Waals surface area contributed by atoms with Crippen LogP contribution in [0.15, 0.2) is 10.9 Å². The van der Waals surface area contributed by atoms with Crippen LogP contribution >= 0.6 is 0 Å². The molecule has 90 valence electrons. The van der Waals surface area contributed by atoms with Gasteiger partial charge in [0.1, 0.15) is 17.5 Å². The summed E-state index contributed by atoms with van der Waals surface area (Å²) in [4.78, 5) is 8.26. The van der Waals surface area contributed by atoms with E-state index in [0.717, 1.165) is 36.0 Å². The van der Waals surface area contributed by atoms with Crippen molar-refractivity contribution >= 4 is 16.9 Å². The number of anilines is 1. The lowest BCUT2D eigenvalue weighted by molar-refractivity contribution is 0.442. The molecule has 0 atom stereocenters. The fourth-order valence-corrected chi connectivity index (χ4v) is 1.80. The number of nitrogens with one attached hydrogen (secondary N) is 2. The van der Waals surface area contributed by atoms with E-state index in [1.807, 2.05) is 6.92 Å². The molecule has 0 unspecified atom stereocenters. The van der Waals surface area contributed by atoms with E-state index in [9.17, 15) is 0 Å². The van der Waals surface area contributed by atoms with Gasteiger partial charge in [0, 0.05) is 19.1 Å². The van der Waals surface area contributed by atoms with Crippen LogP contribution in [0.1, 0.15) is 18.5 Å². The average molecular weight is 233 g/mol. The molecule has 2 aromatic rings. The smallest absolute Gasteiger partial charge is 0.263 e. The molecule has 6 nitrogen and oxygen atoms in total. The van der Waals surface area contributed by atoms with Gasteiger partial charge in [-0.1, -0.05) is 5.16 Å². The third kappa shape index (κ3) is 2.21. The largest absolute Gasteiger partial charge is 0.368 e. The second kappa shape index (κ2) is 4.29. The van der Waals surface area contributed by atoms with E-state index >= 15 is 0 Å². The molecule has 0 radical (unpaired) electrons. The molecule has 0 aromatic carbocycles. The van der Waals surface area contributed by atoms with Crippen LogP contribution in [-0.4, -0.2) is 34.3 Å². The molecule has 1 fully saturated rings. The zero-order valence-electron chi connectivity index (χ0n) is 9.73. The van der Waals surface area contributed by atoms with Gasteiger partial charge in [-0.3, -0.25) is 0 Å². The fourth-order valence-electron chi connectivity index (χ4n) is 1.80. The Labute approximate surface area is 98.8 Å². The molecule has 1 saturated carbocycles. The van der Waals surface area contributed by atoms with Gasteiger partial charge in [0.15, 0.2) is 0 Å². The third-order valence-corrected chi connectivity index (χ3v) is 2.87. The summed E-state index contributed by atoms with van der Waals surface area (Å²) in [6, 6.07) is 0.736. The Morgan fingerprint density at radius 3 is 3.06 bits per heavy atom. The number of rotatable bonds is 5. The molecule has 2 N–H and O–H groups in total. The van der Waals surface area contributed by atoms with Crippen molar-refractivity contribution in [2.24, 2.45) is 0 Å². The van der Waals surface area contributed by atoms with Crippen molar-refractivity contribution in [3.8, 4) is 0 Å². The van der Waals surface area contributed by atoms with Crippen molar-refractivity contribution < 1.29 is 4.52 Å². The van der Waals surface area contributed by atoms with Gasteiger partial charge >= 0.3 is 0 Å². The first-order valence-corrected chi connectivity index (χ1v) is 5.89. The van der Waals surface area contributed by atoms with Gasteiger partial charge in [0.25, 0.3) is 5.71 Å². The van der Waals surface area contributed by atoms with Gasteiger partial charge < -0.3 is 15.2 Å². The predicted molar refractivity (Wildman–Crippen MR) is 63.9 cm³/mol. The lowest BCUT2D eigenvalue weighted by atomic mass is 10.3. The highest BCUT2D eigenvalue weighted by Gasteiger charge is 2.19. The van der Waals surface area contributed by atoms with E-state index in [1.165, 1.54) is 19.2 Å². The van der Waals surface area contributed by atoms with Crippen LogP contribution in [0.5, 0.6) is 0 Å². The normalized spacial score (nSPS) is 15.4. The molecule has 0 spiro atoms. The molecule has 3 rings (SSSR count). The number of hydrogen-bond donors (Lipinski definition) is 2. The van der Waals surface area contributed by atoms with Crippen LogP contribution < -0.4 is 10.6 Å². The summed E-state index contributed by atoms with van der Waals surface area (Å²) in [5, 5.41) is 11.5. The first kappa shape index (κ1) is 10.5. The highest BCUT2D eigenvalue weighted by Crippen LogP contribution is 2.22. The Morgan fingerprint density at radius 1 is 1.35 bits per heavy atom. The van der Waals surface area contributed by atoms with E-state index in [0.29, 0.717) is 5.71 Å². The molecular weight excluding hydrogens is 218 g/mol. The Morgan fingerprint density at radius 2 is 2.24 bits per heavy atom. The zero-order valence-corrected chi connectivity index (χ0v) is 9.73. The maximum atomic E-state index is 5.09. The lowest BCUT2D eigenvalue weighted by Gasteiger charge is -2.06. The van der Waals surface area contributed by atoms with E-state index < -0.39 is 0 Å². The lowest BCUT2D eigenvalue weighted by Crippen LogP contribution is -2.24. The van der Waals surface area contributed by atoms with E-state index in [1.54, 1.807) is 0 Å². The molecule has 0 bridgehead atoms. The van der Waals surface area contributed by atoms with Crippen molar-refractivity contribution in [2.45, 2.75) is 25.8 Å². The van der Waals surface area contributed by atoms with Gasteiger partial charge in [0.05, 0.1) is 5.69 Å². The van der Waals surface area contributed by atoms with E-state index in [2.05, 4.69) is 25.8 Å². The molecule has 0 saturated heterocycles. The topological polar surface area (TPSA) is 75.9 Å². The standard InChI is InChI=1S/C11H15N5O/c1-7-9-10(13-5-4-12-8-2-3-8)14-6-15-11(9)17-16-7/h6,8,12H,2-5H2,1H3,(H,13,14,15). The third-order valence-electron chi connectivity index (χ3n) is 2.87. The molecule has 0 aliphatic heterocycles. The number of hydrogen-bond acceptors (Lipinski definition) is 6. The summed E-state index contributed by atoms with van der Waals surface area (Å²) >= 11 is 0. The van der Waals surface area contributed by atoms with E-state index in [-0.39, 0.29) is 0 Å². The zero-order chi connectivity index (χ0) is 11.7. The molecule has 2 heterocycles. The highest BCUT2D eigenvalue weighted by molar-refractivity contribution is 5.87. The van der Waals surface area contributed by atoms with Crippen molar-refractivity contribution in [1.29, 1.82) is 0 Å². The van der Waals surface area contributed by atoms with Gasteiger partial charge in [-0.15, -0.1) is 0 Å². The summed E-state index contributed by atoms with van der Waals surface area (Å²) in [5.41, 5.74) is 1.36. The van der Waals surface area contributed by atoms with Crippen molar-refractivity contribution in [3.05, 3.63) is 12.0 Å². The van der Waals surface area contributed by atoms with E-state index in [4.69, 9.17) is 4.52 Å². The minimum Gasteiger partial charge on any atom is -0.368 e. The van der Waals surface area contributed by atoms with Gasteiger partial charge in [-0.25, -0.2) is 4.98 Å². The summed E-state index contributed by atoms with van der Waals surface area (Å²) in [6.45, 7) is 3.68. The summed E-state index contributed by atoms with van der Waals surface area (Å²) < 4.78 is 5.09. The minimum absolute atomic E-state index is 0.537. The maximum Gasteiger partial charge on any atom is 0.263 e. The van der Waals surface area contributed by atoms with Crippen LogP contribution in [-0.2, 0) is 0 Å². The molecule has 1 aliphatic rings. The summed E-state index contributed by atoms with van der Waals surface area (Å²) in [7, 11) is 0. The fraction of sp³-hybridized carbons (Fsp3) is 0.545. The quantitative estimate of drug-likeness (QED) is 0.753.